The van der Waals surface area contributed by atoms with Gasteiger partial charge in [-0.15, -0.1) is 0 Å². The van der Waals surface area contributed by atoms with Crippen LogP contribution in [0, 0.1) is 0 Å². The van der Waals surface area contributed by atoms with Gasteiger partial charge >= 0.3 is 0 Å². The minimum absolute atomic E-state index is 0.0143. The van der Waals surface area contributed by atoms with Gasteiger partial charge in [-0.2, -0.15) is 0 Å². The fourth-order valence-electron chi connectivity index (χ4n) is 1.52. The highest BCUT2D eigenvalue weighted by Gasteiger charge is 2.19. The molecule has 0 saturated heterocycles. The molecule has 0 aliphatic heterocycles. The van der Waals surface area contributed by atoms with Gasteiger partial charge in [-0.3, -0.25) is 4.79 Å². The maximum atomic E-state index is 11.8. The van der Waals surface area contributed by atoms with Gasteiger partial charge in [-0.05, 0) is 52.2 Å². The SMILES string of the molecule is COc1ccc(NC(=O)CNCC(C)(C)N(C)C)cc1. The maximum Gasteiger partial charge on any atom is 0.238 e. The second-order valence-electron chi connectivity index (χ2n) is 5.59. The van der Waals surface area contributed by atoms with Crippen molar-refractivity contribution in [1.82, 2.24) is 10.2 Å². The van der Waals surface area contributed by atoms with Crippen LogP contribution in [0.1, 0.15) is 13.8 Å². The summed E-state index contributed by atoms with van der Waals surface area (Å²) in [6, 6.07) is 7.28. The molecule has 0 radical (unpaired) electrons. The van der Waals surface area contributed by atoms with Crippen LogP contribution in [0.4, 0.5) is 5.69 Å². The molecule has 0 aliphatic carbocycles. The molecule has 1 amide bonds. The molecular formula is C15H25N3O2. The summed E-state index contributed by atoms with van der Waals surface area (Å²) in [5, 5.41) is 6.01. The van der Waals surface area contributed by atoms with Crippen molar-refractivity contribution in [1.29, 1.82) is 0 Å². The van der Waals surface area contributed by atoms with Crippen molar-refractivity contribution < 1.29 is 9.53 Å². The summed E-state index contributed by atoms with van der Waals surface area (Å²) in [7, 11) is 5.67. The smallest absolute Gasteiger partial charge is 0.238 e. The molecule has 5 nitrogen and oxygen atoms in total. The Balaban J connectivity index is 2.36. The topological polar surface area (TPSA) is 53.6 Å². The summed E-state index contributed by atoms with van der Waals surface area (Å²) in [5.41, 5.74) is 0.782. The number of carbonyl (C=O) groups excluding carboxylic acids is 1. The van der Waals surface area contributed by atoms with Gasteiger partial charge in [-0.25, -0.2) is 0 Å². The number of hydrogen-bond acceptors (Lipinski definition) is 4. The number of anilines is 1. The molecule has 0 spiro atoms. The van der Waals surface area contributed by atoms with Gasteiger partial charge in [0.1, 0.15) is 5.75 Å². The molecule has 1 rings (SSSR count). The Morgan fingerprint density at radius 2 is 1.85 bits per heavy atom. The van der Waals surface area contributed by atoms with E-state index in [9.17, 15) is 4.79 Å². The molecule has 20 heavy (non-hydrogen) atoms. The Kier molecular flexibility index (Phi) is 5.98. The van der Waals surface area contributed by atoms with Gasteiger partial charge in [0.05, 0.1) is 13.7 Å². The summed E-state index contributed by atoms with van der Waals surface area (Å²) in [4.78, 5) is 13.9. The van der Waals surface area contributed by atoms with Crippen LogP contribution in [0.25, 0.3) is 0 Å². The average molecular weight is 279 g/mol. The van der Waals surface area contributed by atoms with Gasteiger partial charge in [0, 0.05) is 17.8 Å². The van der Waals surface area contributed by atoms with E-state index in [0.717, 1.165) is 18.0 Å². The zero-order chi connectivity index (χ0) is 15.2. The number of likely N-dealkylation sites (N-methyl/N-ethyl adjacent to an activating group) is 1. The van der Waals surface area contributed by atoms with Gasteiger partial charge in [0.15, 0.2) is 0 Å². The Morgan fingerprint density at radius 3 is 2.35 bits per heavy atom. The van der Waals surface area contributed by atoms with Crippen molar-refractivity contribution in [2.45, 2.75) is 19.4 Å². The first-order valence-corrected chi connectivity index (χ1v) is 6.67. The van der Waals surface area contributed by atoms with Crippen molar-refractivity contribution in [2.24, 2.45) is 0 Å². The average Bonchev–Trinajstić information content (AvgIpc) is 2.39. The summed E-state index contributed by atoms with van der Waals surface area (Å²) < 4.78 is 5.07. The van der Waals surface area contributed by atoms with Gasteiger partial charge in [-0.1, -0.05) is 0 Å². The highest BCUT2D eigenvalue weighted by Crippen LogP contribution is 2.14. The zero-order valence-electron chi connectivity index (χ0n) is 13.0. The van der Waals surface area contributed by atoms with Crippen LogP contribution in [0.5, 0.6) is 5.75 Å². The highest BCUT2D eigenvalue weighted by atomic mass is 16.5. The largest absolute Gasteiger partial charge is 0.497 e. The van der Waals surface area contributed by atoms with Gasteiger partial charge in [0.25, 0.3) is 0 Å². The molecule has 0 heterocycles. The molecule has 5 heteroatoms. The minimum atomic E-state index is -0.0512. The third-order valence-corrected chi connectivity index (χ3v) is 3.43. The predicted octanol–water partition coefficient (Wildman–Crippen LogP) is 1.56. The summed E-state index contributed by atoms with van der Waals surface area (Å²) >= 11 is 0. The quantitative estimate of drug-likeness (QED) is 0.795. The first-order chi connectivity index (χ1) is 9.35. The van der Waals surface area contributed by atoms with E-state index < -0.39 is 0 Å². The van der Waals surface area contributed by atoms with Crippen molar-refractivity contribution in [3.8, 4) is 5.75 Å². The van der Waals surface area contributed by atoms with Crippen molar-refractivity contribution >= 4 is 11.6 Å². The fraction of sp³-hybridized carbons (Fsp3) is 0.533. The normalized spacial score (nSPS) is 11.5. The molecule has 1 aromatic carbocycles. The predicted molar refractivity (Wildman–Crippen MR) is 82.3 cm³/mol. The van der Waals surface area contributed by atoms with Crippen molar-refractivity contribution in [3.63, 3.8) is 0 Å². The number of rotatable bonds is 7. The molecule has 0 aromatic heterocycles. The van der Waals surface area contributed by atoms with Crippen LogP contribution in [0.2, 0.25) is 0 Å². The van der Waals surface area contributed by atoms with E-state index in [0.29, 0.717) is 6.54 Å². The van der Waals surface area contributed by atoms with Crippen LogP contribution in [-0.2, 0) is 4.79 Å². The number of ether oxygens (including phenoxy) is 1. The highest BCUT2D eigenvalue weighted by molar-refractivity contribution is 5.92. The van der Waals surface area contributed by atoms with Crippen LogP contribution in [0.15, 0.2) is 24.3 Å². The van der Waals surface area contributed by atoms with E-state index >= 15 is 0 Å². The standard InChI is InChI=1S/C15H25N3O2/c1-15(2,18(3)4)11-16-10-14(19)17-12-6-8-13(20-5)9-7-12/h6-9,16H,10-11H2,1-5H3,(H,17,19). The second-order valence-corrected chi connectivity index (χ2v) is 5.59. The van der Waals surface area contributed by atoms with Crippen molar-refractivity contribution in [2.75, 3.05) is 39.6 Å². The Morgan fingerprint density at radius 1 is 1.25 bits per heavy atom. The summed E-state index contributed by atoms with van der Waals surface area (Å²) in [5.74, 6) is 0.721. The number of methoxy groups -OCH3 is 1. The minimum Gasteiger partial charge on any atom is -0.497 e. The van der Waals surface area contributed by atoms with E-state index in [2.05, 4.69) is 29.4 Å². The van der Waals surface area contributed by atoms with E-state index in [-0.39, 0.29) is 11.4 Å². The molecule has 0 bridgehead atoms. The van der Waals surface area contributed by atoms with E-state index in [1.807, 2.05) is 38.4 Å². The Labute approximate surface area is 121 Å². The zero-order valence-corrected chi connectivity index (χ0v) is 13.0. The Bertz CT molecular complexity index is 427. The lowest BCUT2D eigenvalue weighted by molar-refractivity contribution is -0.115. The molecule has 0 saturated carbocycles. The lowest BCUT2D eigenvalue weighted by atomic mass is 10.0. The number of nitrogens with zero attached hydrogens (tertiary/aromatic N) is 1. The molecular weight excluding hydrogens is 254 g/mol. The summed E-state index contributed by atoms with van der Waals surface area (Å²) in [6.07, 6.45) is 0. The molecule has 0 atom stereocenters. The lowest BCUT2D eigenvalue weighted by Gasteiger charge is -2.32. The van der Waals surface area contributed by atoms with Gasteiger partial charge < -0.3 is 20.3 Å². The fourth-order valence-corrected chi connectivity index (χ4v) is 1.52. The van der Waals surface area contributed by atoms with E-state index in [1.54, 1.807) is 7.11 Å². The maximum absolute atomic E-state index is 11.8. The molecule has 2 N–H and O–H groups in total. The number of nitrogens with one attached hydrogen (secondary N) is 2. The third-order valence-electron chi connectivity index (χ3n) is 3.43. The van der Waals surface area contributed by atoms with Crippen LogP contribution in [0.3, 0.4) is 0 Å². The third kappa shape index (κ3) is 5.19. The molecule has 0 unspecified atom stereocenters. The van der Waals surface area contributed by atoms with Gasteiger partial charge in [0.2, 0.25) is 5.91 Å². The van der Waals surface area contributed by atoms with E-state index in [1.165, 1.54) is 0 Å². The van der Waals surface area contributed by atoms with E-state index in [4.69, 9.17) is 4.74 Å². The second kappa shape index (κ2) is 7.26. The van der Waals surface area contributed by atoms with Crippen LogP contribution < -0.4 is 15.4 Å². The first kappa shape index (κ1) is 16.5. The first-order valence-electron chi connectivity index (χ1n) is 6.67. The molecule has 112 valence electrons. The molecule has 0 aliphatic rings. The molecule has 0 fully saturated rings. The summed E-state index contributed by atoms with van der Waals surface area (Å²) in [6.45, 7) is 5.29. The van der Waals surface area contributed by atoms with Crippen LogP contribution >= 0.6 is 0 Å². The van der Waals surface area contributed by atoms with Crippen molar-refractivity contribution in [3.05, 3.63) is 24.3 Å². The lowest BCUT2D eigenvalue weighted by Crippen LogP contribution is -2.48. The number of amides is 1. The number of benzene rings is 1. The monoisotopic (exact) mass is 279 g/mol. The Hall–Kier alpha value is -1.59. The number of carbonyl (C=O) groups is 1. The number of hydrogen-bond donors (Lipinski definition) is 2. The van der Waals surface area contributed by atoms with Crippen LogP contribution in [-0.4, -0.2) is 50.6 Å². The molecule has 1 aromatic rings.